The first kappa shape index (κ1) is 16.9. The first-order valence-corrected chi connectivity index (χ1v) is 8.05. The number of carbonyl (C=O) groups is 1. The first-order chi connectivity index (χ1) is 10.5. The fourth-order valence-electron chi connectivity index (χ4n) is 1.96. The Labute approximate surface area is 129 Å². The maximum absolute atomic E-state index is 12.8. The van der Waals surface area contributed by atoms with Crippen LogP contribution in [0, 0.1) is 0 Å². The number of primary amides is 1. The van der Waals surface area contributed by atoms with Crippen LogP contribution in [0.2, 0.25) is 0 Å². The molecule has 1 amide bonds. The molecule has 10 heteroatoms. The number of alkyl halides is 3. The number of aromatic nitrogens is 1. The molecule has 1 heterocycles. The van der Waals surface area contributed by atoms with Crippen molar-refractivity contribution in [2.45, 2.75) is 6.18 Å². The fourth-order valence-corrected chi connectivity index (χ4v) is 2.52. The van der Waals surface area contributed by atoms with E-state index in [1.165, 1.54) is 24.4 Å². The second-order valence-corrected chi connectivity index (χ2v) is 6.48. The summed E-state index contributed by atoms with van der Waals surface area (Å²) in [6.07, 6.45) is -2.45. The number of nitrogens with one attached hydrogen (secondary N) is 1. The standard InChI is InChI=1S/C13H12F3N3O3S/c1-23(21,22)18-12-10(11(17)20)5-6-19(12)9-4-2-3-8(7-9)13(14,15)16/h2-7,18H,1H3,(H2,17,20). The minimum Gasteiger partial charge on any atom is -0.365 e. The third-order valence-corrected chi connectivity index (χ3v) is 3.45. The van der Waals surface area contributed by atoms with Gasteiger partial charge in [-0.25, -0.2) is 8.42 Å². The molecule has 1 aromatic heterocycles. The summed E-state index contributed by atoms with van der Waals surface area (Å²) in [6.45, 7) is 0. The molecule has 0 saturated heterocycles. The van der Waals surface area contributed by atoms with Crippen molar-refractivity contribution in [1.82, 2.24) is 4.57 Å². The number of sulfonamides is 1. The molecule has 0 aliphatic rings. The molecule has 3 N–H and O–H groups in total. The van der Waals surface area contributed by atoms with Crippen molar-refractivity contribution in [2.24, 2.45) is 5.73 Å². The van der Waals surface area contributed by atoms with Crippen LogP contribution >= 0.6 is 0 Å². The Morgan fingerprint density at radius 1 is 1.26 bits per heavy atom. The Kier molecular flexibility index (Phi) is 4.12. The van der Waals surface area contributed by atoms with E-state index in [-0.39, 0.29) is 17.1 Å². The van der Waals surface area contributed by atoms with Crippen molar-refractivity contribution in [1.29, 1.82) is 0 Å². The number of amides is 1. The van der Waals surface area contributed by atoms with Crippen LogP contribution in [0.1, 0.15) is 15.9 Å². The third-order valence-electron chi connectivity index (χ3n) is 2.89. The number of nitrogens with zero attached hydrogens (tertiary/aromatic N) is 1. The minimum absolute atomic E-state index is 0.0264. The molecule has 0 spiro atoms. The van der Waals surface area contributed by atoms with Crippen molar-refractivity contribution >= 4 is 21.7 Å². The summed E-state index contributed by atoms with van der Waals surface area (Å²) in [5.74, 6) is -1.14. The second kappa shape index (κ2) is 5.61. The highest BCUT2D eigenvalue weighted by Crippen LogP contribution is 2.31. The van der Waals surface area contributed by atoms with E-state index in [0.717, 1.165) is 23.0 Å². The summed E-state index contributed by atoms with van der Waals surface area (Å²) < 4.78 is 64.4. The summed E-state index contributed by atoms with van der Waals surface area (Å²) in [5.41, 5.74) is 4.12. The van der Waals surface area contributed by atoms with E-state index in [2.05, 4.69) is 4.72 Å². The van der Waals surface area contributed by atoms with Gasteiger partial charge >= 0.3 is 6.18 Å². The van der Waals surface area contributed by atoms with Gasteiger partial charge in [-0.2, -0.15) is 13.2 Å². The first-order valence-electron chi connectivity index (χ1n) is 6.15. The zero-order chi connectivity index (χ0) is 17.4. The number of carbonyl (C=O) groups excluding carboxylic acids is 1. The van der Waals surface area contributed by atoms with E-state index in [1.54, 1.807) is 0 Å². The van der Waals surface area contributed by atoms with Crippen LogP contribution in [-0.4, -0.2) is 25.1 Å². The SMILES string of the molecule is CS(=O)(=O)Nc1c(C(N)=O)ccn1-c1cccc(C(F)(F)F)c1. The van der Waals surface area contributed by atoms with Crippen molar-refractivity contribution in [3.8, 4) is 5.69 Å². The summed E-state index contributed by atoms with van der Waals surface area (Å²) in [5, 5.41) is 0. The quantitative estimate of drug-likeness (QED) is 0.885. The van der Waals surface area contributed by atoms with E-state index in [0.29, 0.717) is 0 Å². The molecule has 0 saturated carbocycles. The molecule has 2 aromatic rings. The highest BCUT2D eigenvalue weighted by Gasteiger charge is 2.30. The molecule has 0 aliphatic heterocycles. The molecule has 0 radical (unpaired) electrons. The van der Waals surface area contributed by atoms with Gasteiger partial charge in [-0.1, -0.05) is 6.07 Å². The normalized spacial score (nSPS) is 12.2. The molecule has 6 nitrogen and oxygen atoms in total. The summed E-state index contributed by atoms with van der Waals surface area (Å²) >= 11 is 0. The number of hydrogen-bond acceptors (Lipinski definition) is 3. The molecule has 0 fully saturated rings. The van der Waals surface area contributed by atoms with Crippen LogP contribution < -0.4 is 10.5 Å². The van der Waals surface area contributed by atoms with E-state index in [1.807, 2.05) is 0 Å². The van der Waals surface area contributed by atoms with Gasteiger partial charge in [0.15, 0.2) is 0 Å². The van der Waals surface area contributed by atoms with Crippen molar-refractivity contribution < 1.29 is 26.4 Å². The summed E-state index contributed by atoms with van der Waals surface area (Å²) in [4.78, 5) is 11.4. The van der Waals surface area contributed by atoms with Gasteiger partial charge in [-0.15, -0.1) is 0 Å². The van der Waals surface area contributed by atoms with Crippen LogP contribution in [0.25, 0.3) is 5.69 Å². The van der Waals surface area contributed by atoms with Crippen LogP contribution in [0.3, 0.4) is 0 Å². The van der Waals surface area contributed by atoms with Gasteiger partial charge in [-0.05, 0) is 24.3 Å². The Hall–Kier alpha value is -2.49. The zero-order valence-electron chi connectivity index (χ0n) is 11.8. The molecular weight excluding hydrogens is 335 g/mol. The Bertz CT molecular complexity index is 857. The molecule has 2 rings (SSSR count). The van der Waals surface area contributed by atoms with Crippen molar-refractivity contribution in [2.75, 3.05) is 11.0 Å². The van der Waals surface area contributed by atoms with E-state index in [4.69, 9.17) is 5.73 Å². The maximum Gasteiger partial charge on any atom is 0.416 e. The topological polar surface area (TPSA) is 94.2 Å². The van der Waals surface area contributed by atoms with Gasteiger partial charge < -0.3 is 10.3 Å². The Morgan fingerprint density at radius 2 is 1.91 bits per heavy atom. The van der Waals surface area contributed by atoms with Crippen LogP contribution in [0.4, 0.5) is 19.0 Å². The Balaban J connectivity index is 2.62. The summed E-state index contributed by atoms with van der Waals surface area (Å²) in [7, 11) is -3.77. The van der Waals surface area contributed by atoms with E-state index >= 15 is 0 Å². The van der Waals surface area contributed by atoms with Crippen LogP contribution in [0.5, 0.6) is 0 Å². The average molecular weight is 347 g/mol. The van der Waals surface area contributed by atoms with Gasteiger partial charge in [0.05, 0.1) is 17.4 Å². The minimum atomic E-state index is -4.56. The lowest BCUT2D eigenvalue weighted by atomic mass is 10.2. The molecule has 23 heavy (non-hydrogen) atoms. The molecule has 0 unspecified atom stereocenters. The highest BCUT2D eigenvalue weighted by atomic mass is 32.2. The molecule has 0 aliphatic carbocycles. The van der Waals surface area contributed by atoms with Gasteiger partial charge in [0, 0.05) is 11.9 Å². The zero-order valence-corrected chi connectivity index (χ0v) is 12.6. The largest absolute Gasteiger partial charge is 0.416 e. The lowest BCUT2D eigenvalue weighted by Gasteiger charge is -2.13. The maximum atomic E-state index is 12.8. The predicted molar refractivity (Wildman–Crippen MR) is 77.8 cm³/mol. The smallest absolute Gasteiger partial charge is 0.365 e. The number of benzene rings is 1. The van der Waals surface area contributed by atoms with Crippen molar-refractivity contribution in [3.63, 3.8) is 0 Å². The number of nitrogens with two attached hydrogens (primary N) is 1. The van der Waals surface area contributed by atoms with Crippen LogP contribution in [-0.2, 0) is 16.2 Å². The fraction of sp³-hybridized carbons (Fsp3) is 0.154. The van der Waals surface area contributed by atoms with Gasteiger partial charge in [-0.3, -0.25) is 9.52 Å². The number of hydrogen-bond donors (Lipinski definition) is 2. The monoisotopic (exact) mass is 347 g/mol. The Morgan fingerprint density at radius 3 is 2.43 bits per heavy atom. The van der Waals surface area contributed by atoms with Gasteiger partial charge in [0.25, 0.3) is 5.91 Å². The molecule has 1 aromatic carbocycles. The van der Waals surface area contributed by atoms with Crippen LogP contribution in [0.15, 0.2) is 36.5 Å². The molecule has 0 bridgehead atoms. The molecule has 0 atom stereocenters. The van der Waals surface area contributed by atoms with Crippen molar-refractivity contribution in [3.05, 3.63) is 47.7 Å². The second-order valence-electron chi connectivity index (χ2n) is 4.73. The summed E-state index contributed by atoms with van der Waals surface area (Å²) in [6, 6.07) is 5.44. The number of halogens is 3. The van der Waals surface area contributed by atoms with E-state index < -0.39 is 27.7 Å². The third kappa shape index (κ3) is 3.83. The number of rotatable bonds is 4. The average Bonchev–Trinajstić information content (AvgIpc) is 2.79. The number of anilines is 1. The lowest BCUT2D eigenvalue weighted by Crippen LogP contribution is -2.18. The van der Waals surface area contributed by atoms with Gasteiger partial charge in [0.1, 0.15) is 5.82 Å². The highest BCUT2D eigenvalue weighted by molar-refractivity contribution is 7.92. The lowest BCUT2D eigenvalue weighted by molar-refractivity contribution is -0.137. The molecule has 124 valence electrons. The van der Waals surface area contributed by atoms with E-state index in [9.17, 15) is 26.4 Å². The molecular formula is C13H12F3N3O3S. The van der Waals surface area contributed by atoms with Gasteiger partial charge in [0.2, 0.25) is 10.0 Å². The predicted octanol–water partition coefficient (Wildman–Crippen LogP) is 1.97.